The molecule has 3 N–H and O–H groups in total. The molecule has 0 spiro atoms. The van der Waals surface area contributed by atoms with Gasteiger partial charge in [-0.2, -0.15) is 0 Å². The van der Waals surface area contributed by atoms with Gasteiger partial charge in [-0.1, -0.05) is 13.0 Å². The topological polar surface area (TPSA) is 90.1 Å². The van der Waals surface area contributed by atoms with Gasteiger partial charge in [0.2, 0.25) is 11.8 Å². The van der Waals surface area contributed by atoms with Crippen LogP contribution in [0.4, 0.5) is 8.78 Å². The quantitative estimate of drug-likeness (QED) is 0.487. The van der Waals surface area contributed by atoms with Crippen molar-refractivity contribution in [2.75, 3.05) is 13.1 Å². The fourth-order valence-corrected chi connectivity index (χ4v) is 4.28. The molecule has 174 valence electrons. The molecule has 1 aliphatic rings. The van der Waals surface area contributed by atoms with Gasteiger partial charge >= 0.3 is 0 Å². The van der Waals surface area contributed by atoms with Gasteiger partial charge in [-0.25, -0.2) is 13.8 Å². The normalized spacial score (nSPS) is 17.2. The molecule has 0 saturated carbocycles. The highest BCUT2D eigenvalue weighted by atomic mass is 19.2. The smallest absolute Gasteiger partial charge is 0.243 e. The first-order valence-corrected chi connectivity index (χ1v) is 11.1. The van der Waals surface area contributed by atoms with E-state index < -0.39 is 23.6 Å². The van der Waals surface area contributed by atoms with E-state index in [1.165, 1.54) is 6.07 Å². The largest absolute Gasteiger partial charge is 0.350 e. The second-order valence-corrected chi connectivity index (χ2v) is 8.28. The van der Waals surface area contributed by atoms with E-state index in [4.69, 9.17) is 0 Å². The minimum atomic E-state index is -0.989. The average molecular weight is 456 g/mol. The molecule has 1 saturated heterocycles. The molecule has 0 radical (unpaired) electrons. The molecule has 4 rings (SSSR count). The van der Waals surface area contributed by atoms with Crippen molar-refractivity contribution in [2.45, 2.75) is 44.8 Å². The molecular weight excluding hydrogens is 428 g/mol. The highest BCUT2D eigenvalue weighted by Gasteiger charge is 2.32. The molecular formula is C24H27F2N5O2. The van der Waals surface area contributed by atoms with Gasteiger partial charge in [-0.3, -0.25) is 14.5 Å². The summed E-state index contributed by atoms with van der Waals surface area (Å²) in [6.07, 6.45) is 5.14. The Hall–Kier alpha value is -3.33. The molecule has 2 amide bonds. The highest BCUT2D eigenvalue weighted by Crippen LogP contribution is 2.18. The van der Waals surface area contributed by atoms with Crippen molar-refractivity contribution in [3.8, 4) is 0 Å². The second kappa shape index (κ2) is 10.1. The maximum absolute atomic E-state index is 13.7. The number of likely N-dealkylation sites (N-methyl/N-ethyl adjacent to an activating group) is 1. The molecule has 3 heterocycles. The van der Waals surface area contributed by atoms with Gasteiger partial charge in [-0.05, 0) is 61.3 Å². The predicted molar refractivity (Wildman–Crippen MR) is 120 cm³/mol. The molecule has 0 aliphatic carbocycles. The maximum atomic E-state index is 13.7. The van der Waals surface area contributed by atoms with Crippen LogP contribution in [0.5, 0.6) is 0 Å². The average Bonchev–Trinajstić information content (AvgIpc) is 3.48. The SMILES string of the molecule is CCN1CCC[C@@H]1C(=O)N[C@@H](Cc1ccc(F)c(F)c1)C(=O)NCc1cnc2[nH]ccc2c1. The third-order valence-corrected chi connectivity index (χ3v) is 6.05. The number of amides is 2. The Morgan fingerprint density at radius 3 is 2.85 bits per heavy atom. The summed E-state index contributed by atoms with van der Waals surface area (Å²) in [5.74, 6) is -2.58. The number of hydrogen-bond donors (Lipinski definition) is 3. The Labute approximate surface area is 190 Å². The van der Waals surface area contributed by atoms with Crippen LogP contribution in [0.1, 0.15) is 30.9 Å². The van der Waals surface area contributed by atoms with Crippen molar-refractivity contribution in [1.29, 1.82) is 0 Å². The minimum Gasteiger partial charge on any atom is -0.350 e. The number of H-pyrrole nitrogens is 1. The maximum Gasteiger partial charge on any atom is 0.243 e. The molecule has 0 bridgehead atoms. The third-order valence-electron chi connectivity index (χ3n) is 6.05. The lowest BCUT2D eigenvalue weighted by atomic mass is 10.0. The standard InChI is InChI=1S/C24H27F2N5O2/c1-2-31-9-3-4-21(31)24(33)30-20(12-15-5-6-18(25)19(26)11-15)23(32)29-14-16-10-17-7-8-27-22(17)28-13-16/h5-8,10-11,13,20-21H,2-4,9,12,14H2,1H3,(H,27,28)(H,29,32)(H,30,33)/t20-,21+/m0/s1. The van der Waals surface area contributed by atoms with E-state index in [-0.39, 0.29) is 24.9 Å². The van der Waals surface area contributed by atoms with E-state index >= 15 is 0 Å². The molecule has 1 aromatic carbocycles. The Bertz CT molecular complexity index is 1150. The lowest BCUT2D eigenvalue weighted by molar-refractivity contribution is -0.131. The van der Waals surface area contributed by atoms with E-state index in [9.17, 15) is 18.4 Å². The zero-order valence-corrected chi connectivity index (χ0v) is 18.4. The second-order valence-electron chi connectivity index (χ2n) is 8.28. The molecule has 2 atom stereocenters. The Kier molecular flexibility index (Phi) is 6.98. The molecule has 3 aromatic rings. The van der Waals surface area contributed by atoms with Crippen LogP contribution in [0.15, 0.2) is 42.7 Å². The van der Waals surface area contributed by atoms with Crippen LogP contribution in [-0.4, -0.2) is 51.9 Å². The molecule has 1 aliphatic heterocycles. The van der Waals surface area contributed by atoms with Gasteiger partial charge in [0.25, 0.3) is 0 Å². The summed E-state index contributed by atoms with van der Waals surface area (Å²) in [6.45, 7) is 3.80. The number of carbonyl (C=O) groups excluding carboxylic acids is 2. The summed E-state index contributed by atoms with van der Waals surface area (Å²) in [4.78, 5) is 35.4. The van der Waals surface area contributed by atoms with Crippen molar-refractivity contribution in [3.05, 3.63) is 65.5 Å². The summed E-state index contributed by atoms with van der Waals surface area (Å²) in [5, 5.41) is 6.60. The van der Waals surface area contributed by atoms with Crippen LogP contribution in [0, 0.1) is 11.6 Å². The summed E-state index contributed by atoms with van der Waals surface area (Å²) in [6, 6.07) is 6.08. The van der Waals surface area contributed by atoms with Crippen molar-refractivity contribution < 1.29 is 18.4 Å². The van der Waals surface area contributed by atoms with E-state index in [1.807, 2.05) is 19.1 Å². The van der Waals surface area contributed by atoms with Gasteiger partial charge in [0.05, 0.1) is 6.04 Å². The molecule has 0 unspecified atom stereocenters. The Morgan fingerprint density at radius 1 is 1.21 bits per heavy atom. The number of nitrogens with one attached hydrogen (secondary N) is 3. The summed E-state index contributed by atoms with van der Waals surface area (Å²) in [5.41, 5.74) is 1.98. The van der Waals surface area contributed by atoms with E-state index in [1.54, 1.807) is 12.4 Å². The van der Waals surface area contributed by atoms with E-state index in [0.717, 1.165) is 54.7 Å². The number of aromatic amines is 1. The molecule has 9 heteroatoms. The zero-order chi connectivity index (χ0) is 23.4. The van der Waals surface area contributed by atoms with Gasteiger partial charge in [0.15, 0.2) is 11.6 Å². The van der Waals surface area contributed by atoms with Gasteiger partial charge < -0.3 is 15.6 Å². The number of fused-ring (bicyclic) bond motifs is 1. The fraction of sp³-hybridized carbons (Fsp3) is 0.375. The number of benzene rings is 1. The predicted octanol–water partition coefficient (Wildman–Crippen LogP) is 2.67. The summed E-state index contributed by atoms with van der Waals surface area (Å²) in [7, 11) is 0. The lowest BCUT2D eigenvalue weighted by Gasteiger charge is -2.25. The van der Waals surface area contributed by atoms with Crippen LogP contribution >= 0.6 is 0 Å². The van der Waals surface area contributed by atoms with Crippen molar-refractivity contribution in [2.24, 2.45) is 0 Å². The Morgan fingerprint density at radius 2 is 2.06 bits per heavy atom. The van der Waals surface area contributed by atoms with Crippen LogP contribution in [0.3, 0.4) is 0 Å². The molecule has 7 nitrogen and oxygen atoms in total. The first-order valence-electron chi connectivity index (χ1n) is 11.1. The number of hydrogen-bond acceptors (Lipinski definition) is 4. The number of carbonyl (C=O) groups is 2. The lowest BCUT2D eigenvalue weighted by Crippen LogP contribution is -2.53. The van der Waals surface area contributed by atoms with Crippen molar-refractivity contribution in [1.82, 2.24) is 25.5 Å². The zero-order valence-electron chi connectivity index (χ0n) is 18.4. The number of halogens is 2. The molecule has 33 heavy (non-hydrogen) atoms. The van der Waals surface area contributed by atoms with Gasteiger partial charge in [0.1, 0.15) is 11.7 Å². The number of nitrogens with zero attached hydrogens (tertiary/aromatic N) is 2. The van der Waals surface area contributed by atoms with Crippen LogP contribution in [0.25, 0.3) is 11.0 Å². The van der Waals surface area contributed by atoms with Crippen molar-refractivity contribution in [3.63, 3.8) is 0 Å². The van der Waals surface area contributed by atoms with Crippen LogP contribution < -0.4 is 10.6 Å². The van der Waals surface area contributed by atoms with E-state index in [0.29, 0.717) is 5.56 Å². The highest BCUT2D eigenvalue weighted by molar-refractivity contribution is 5.90. The first-order chi connectivity index (χ1) is 15.9. The third kappa shape index (κ3) is 5.36. The van der Waals surface area contributed by atoms with E-state index in [2.05, 4.69) is 25.5 Å². The summed E-state index contributed by atoms with van der Waals surface area (Å²) >= 11 is 0. The first kappa shape index (κ1) is 22.8. The number of rotatable bonds is 8. The summed E-state index contributed by atoms with van der Waals surface area (Å²) < 4.78 is 27.1. The Balaban J connectivity index is 1.47. The van der Waals surface area contributed by atoms with Crippen molar-refractivity contribution >= 4 is 22.8 Å². The minimum absolute atomic E-state index is 0.0444. The molecule has 1 fully saturated rings. The molecule has 2 aromatic heterocycles. The number of likely N-dealkylation sites (tertiary alicyclic amines) is 1. The van der Waals surface area contributed by atoms with Crippen LogP contribution in [0.2, 0.25) is 0 Å². The van der Waals surface area contributed by atoms with Gasteiger partial charge in [0, 0.05) is 30.7 Å². The fourth-order valence-electron chi connectivity index (χ4n) is 4.28. The van der Waals surface area contributed by atoms with Crippen LogP contribution in [-0.2, 0) is 22.6 Å². The number of aromatic nitrogens is 2. The monoisotopic (exact) mass is 455 g/mol. The van der Waals surface area contributed by atoms with Gasteiger partial charge in [-0.15, -0.1) is 0 Å². The number of pyridine rings is 1.